The number of hydrogen-bond donors (Lipinski definition) is 0. The van der Waals surface area contributed by atoms with Crippen molar-refractivity contribution in [2.45, 2.75) is 6.92 Å². The van der Waals surface area contributed by atoms with E-state index in [1.54, 1.807) is 18.2 Å². The largest absolute Gasteiger partial charge is 0.496 e. The number of benzene rings is 2. The molecule has 1 heterocycles. The van der Waals surface area contributed by atoms with Crippen molar-refractivity contribution in [1.82, 2.24) is 4.57 Å². The fourth-order valence-electron chi connectivity index (χ4n) is 2.67. The van der Waals surface area contributed by atoms with Crippen LogP contribution < -0.4 is 9.54 Å². The number of halogens is 1. The van der Waals surface area contributed by atoms with E-state index in [1.165, 1.54) is 18.4 Å². The molecule has 0 saturated heterocycles. The summed E-state index contributed by atoms with van der Waals surface area (Å²) >= 11 is 7.49. The summed E-state index contributed by atoms with van der Waals surface area (Å²) in [7, 11) is 3.43. The van der Waals surface area contributed by atoms with Gasteiger partial charge in [-0.25, -0.2) is 0 Å². The molecule has 0 spiro atoms. The first-order chi connectivity index (χ1) is 12.0. The SMILES string of the molecule is COc1ccc(Cl)cc1C(=O)N=c1sc(C)c(-c2ccccc2)n1C. The molecule has 2 aromatic carbocycles. The molecule has 1 aromatic heterocycles. The Morgan fingerprint density at radius 3 is 2.60 bits per heavy atom. The average Bonchev–Trinajstić information content (AvgIpc) is 2.89. The maximum Gasteiger partial charge on any atom is 0.283 e. The lowest BCUT2D eigenvalue weighted by molar-refractivity contribution is 0.0995. The number of rotatable bonds is 3. The van der Waals surface area contributed by atoms with Crippen molar-refractivity contribution in [2.75, 3.05) is 7.11 Å². The predicted molar refractivity (Wildman–Crippen MR) is 101 cm³/mol. The molecule has 0 aliphatic heterocycles. The number of aromatic nitrogens is 1. The van der Waals surface area contributed by atoms with Crippen molar-refractivity contribution in [3.05, 3.63) is 68.8 Å². The quantitative estimate of drug-likeness (QED) is 0.681. The van der Waals surface area contributed by atoms with Crippen LogP contribution in [0, 0.1) is 6.92 Å². The standard InChI is InChI=1S/C19H17ClN2O2S/c1-12-17(13-7-5-4-6-8-13)22(2)19(25-12)21-18(23)15-11-14(20)9-10-16(15)24-3/h4-11H,1-3H3. The van der Waals surface area contributed by atoms with E-state index in [0.717, 1.165) is 16.1 Å². The van der Waals surface area contributed by atoms with Crippen LogP contribution in [0.25, 0.3) is 11.3 Å². The first-order valence-electron chi connectivity index (χ1n) is 7.65. The lowest BCUT2D eigenvalue weighted by Crippen LogP contribution is -2.14. The normalized spacial score (nSPS) is 11.6. The first kappa shape index (κ1) is 17.5. The minimum atomic E-state index is -0.379. The molecule has 0 aliphatic carbocycles. The van der Waals surface area contributed by atoms with Gasteiger partial charge < -0.3 is 9.30 Å². The van der Waals surface area contributed by atoms with E-state index in [-0.39, 0.29) is 5.91 Å². The van der Waals surface area contributed by atoms with E-state index in [9.17, 15) is 4.79 Å². The molecule has 6 heteroatoms. The first-order valence-corrected chi connectivity index (χ1v) is 8.85. The Balaban J connectivity index is 2.09. The number of carbonyl (C=O) groups excluding carboxylic acids is 1. The summed E-state index contributed by atoms with van der Waals surface area (Å²) in [4.78, 5) is 18.7. The number of amides is 1. The number of aryl methyl sites for hydroxylation is 1. The molecule has 0 bridgehead atoms. The third kappa shape index (κ3) is 3.52. The summed E-state index contributed by atoms with van der Waals surface area (Å²) in [5.74, 6) is 0.0770. The Morgan fingerprint density at radius 2 is 1.92 bits per heavy atom. The number of carbonyl (C=O) groups is 1. The molecular formula is C19H17ClN2O2S. The van der Waals surface area contributed by atoms with Crippen molar-refractivity contribution in [3.63, 3.8) is 0 Å². The second-order valence-corrected chi connectivity index (χ2v) is 7.09. The fourth-order valence-corrected chi connectivity index (χ4v) is 3.82. The predicted octanol–water partition coefficient (Wildman–Crippen LogP) is 4.47. The number of nitrogens with zero attached hydrogens (tertiary/aromatic N) is 2. The van der Waals surface area contributed by atoms with Crippen LogP contribution in [0.1, 0.15) is 15.2 Å². The summed E-state index contributed by atoms with van der Waals surface area (Å²) in [6.45, 7) is 2.02. The highest BCUT2D eigenvalue weighted by atomic mass is 35.5. The number of ether oxygens (including phenoxy) is 1. The Bertz CT molecular complexity index is 990. The van der Waals surface area contributed by atoms with Crippen molar-refractivity contribution >= 4 is 28.8 Å². The van der Waals surface area contributed by atoms with Crippen LogP contribution in [0.5, 0.6) is 5.75 Å². The van der Waals surface area contributed by atoms with Crippen LogP contribution in [0.15, 0.2) is 53.5 Å². The van der Waals surface area contributed by atoms with Crippen molar-refractivity contribution in [3.8, 4) is 17.0 Å². The zero-order valence-corrected chi connectivity index (χ0v) is 15.7. The van der Waals surface area contributed by atoms with E-state index in [2.05, 4.69) is 4.99 Å². The molecule has 128 valence electrons. The molecule has 0 unspecified atom stereocenters. The number of methoxy groups -OCH3 is 1. The summed E-state index contributed by atoms with van der Waals surface area (Å²) in [5, 5.41) is 0.469. The van der Waals surface area contributed by atoms with E-state index in [0.29, 0.717) is 21.1 Å². The van der Waals surface area contributed by atoms with Gasteiger partial charge in [0, 0.05) is 16.9 Å². The Morgan fingerprint density at radius 1 is 1.20 bits per heavy atom. The molecule has 0 atom stereocenters. The highest BCUT2D eigenvalue weighted by Gasteiger charge is 2.14. The van der Waals surface area contributed by atoms with Gasteiger partial charge in [-0.15, -0.1) is 11.3 Å². The molecule has 0 saturated carbocycles. The topological polar surface area (TPSA) is 43.6 Å². The highest BCUT2D eigenvalue weighted by molar-refractivity contribution is 7.09. The van der Waals surface area contributed by atoms with Crippen LogP contribution in [0.3, 0.4) is 0 Å². The molecule has 1 amide bonds. The fraction of sp³-hybridized carbons (Fsp3) is 0.158. The van der Waals surface area contributed by atoms with Crippen LogP contribution in [-0.4, -0.2) is 17.6 Å². The Kier molecular flexibility index (Phi) is 5.06. The van der Waals surface area contributed by atoms with Gasteiger partial charge in [-0.05, 0) is 30.7 Å². The molecule has 3 rings (SSSR count). The van der Waals surface area contributed by atoms with Crippen LogP contribution in [0.4, 0.5) is 0 Å². The van der Waals surface area contributed by atoms with Gasteiger partial charge in [-0.2, -0.15) is 4.99 Å². The van der Waals surface area contributed by atoms with Crippen molar-refractivity contribution in [2.24, 2.45) is 12.0 Å². The third-order valence-corrected chi connectivity index (χ3v) is 5.12. The van der Waals surface area contributed by atoms with E-state index >= 15 is 0 Å². The summed E-state index contributed by atoms with van der Waals surface area (Å²) in [6, 6.07) is 15.0. The third-order valence-electron chi connectivity index (χ3n) is 3.84. The highest BCUT2D eigenvalue weighted by Crippen LogP contribution is 2.25. The van der Waals surface area contributed by atoms with E-state index in [1.807, 2.05) is 48.9 Å². The minimum Gasteiger partial charge on any atom is -0.496 e. The minimum absolute atomic E-state index is 0.349. The van der Waals surface area contributed by atoms with Gasteiger partial charge in [0.1, 0.15) is 5.75 Å². The molecule has 0 N–H and O–H groups in total. The molecule has 3 aromatic rings. The average molecular weight is 373 g/mol. The van der Waals surface area contributed by atoms with E-state index in [4.69, 9.17) is 16.3 Å². The number of hydrogen-bond acceptors (Lipinski definition) is 3. The van der Waals surface area contributed by atoms with Crippen molar-refractivity contribution < 1.29 is 9.53 Å². The van der Waals surface area contributed by atoms with Gasteiger partial charge in [-0.3, -0.25) is 4.79 Å². The molecular weight excluding hydrogens is 356 g/mol. The molecule has 4 nitrogen and oxygen atoms in total. The van der Waals surface area contributed by atoms with E-state index < -0.39 is 0 Å². The molecule has 0 aliphatic rings. The summed E-state index contributed by atoms with van der Waals surface area (Å²) in [5.41, 5.74) is 2.49. The maximum absolute atomic E-state index is 12.6. The molecule has 0 fully saturated rings. The summed E-state index contributed by atoms with van der Waals surface area (Å²) in [6.07, 6.45) is 0. The van der Waals surface area contributed by atoms with Crippen LogP contribution in [0.2, 0.25) is 5.02 Å². The lowest BCUT2D eigenvalue weighted by atomic mass is 10.1. The van der Waals surface area contributed by atoms with Gasteiger partial charge in [0.2, 0.25) is 0 Å². The van der Waals surface area contributed by atoms with Crippen molar-refractivity contribution in [1.29, 1.82) is 0 Å². The van der Waals surface area contributed by atoms with Crippen LogP contribution in [-0.2, 0) is 7.05 Å². The second-order valence-electron chi connectivity index (χ2n) is 5.48. The number of thiazole rings is 1. The molecule has 25 heavy (non-hydrogen) atoms. The molecule has 0 radical (unpaired) electrons. The van der Waals surface area contributed by atoms with Gasteiger partial charge in [0.15, 0.2) is 4.80 Å². The van der Waals surface area contributed by atoms with Crippen LogP contribution >= 0.6 is 22.9 Å². The Hall–Kier alpha value is -2.37. The summed E-state index contributed by atoms with van der Waals surface area (Å²) < 4.78 is 7.18. The van der Waals surface area contributed by atoms with Gasteiger partial charge in [0.25, 0.3) is 5.91 Å². The lowest BCUT2D eigenvalue weighted by Gasteiger charge is -2.06. The zero-order chi connectivity index (χ0) is 18.0. The zero-order valence-electron chi connectivity index (χ0n) is 14.1. The van der Waals surface area contributed by atoms with Gasteiger partial charge in [-0.1, -0.05) is 41.9 Å². The van der Waals surface area contributed by atoms with Gasteiger partial charge in [0.05, 0.1) is 18.4 Å². The maximum atomic E-state index is 12.6. The smallest absolute Gasteiger partial charge is 0.283 e. The van der Waals surface area contributed by atoms with Gasteiger partial charge >= 0.3 is 0 Å². The monoisotopic (exact) mass is 372 g/mol. The second kappa shape index (κ2) is 7.25. The Labute approximate surface area is 155 Å².